The number of rotatable bonds is 3. The van der Waals surface area contributed by atoms with Crippen molar-refractivity contribution in [2.45, 2.75) is 20.0 Å². The van der Waals surface area contributed by atoms with Gasteiger partial charge in [-0.1, -0.05) is 5.59 Å². The van der Waals surface area contributed by atoms with Crippen LogP contribution in [-0.4, -0.2) is 17.1 Å². The van der Waals surface area contributed by atoms with Gasteiger partial charge in [0, 0.05) is 22.6 Å². The van der Waals surface area contributed by atoms with Gasteiger partial charge in [0.2, 0.25) is 5.76 Å². The van der Waals surface area contributed by atoms with Crippen LogP contribution in [0, 0.1) is 13.8 Å². The molecule has 1 aromatic heterocycles. The molecule has 0 aliphatic carbocycles. The molecular formula is C17H15F3N4O2. The Labute approximate surface area is 147 Å². The molecule has 3 rings (SSSR count). The molecule has 1 aromatic carbocycles. The number of alkyl halides is 3. The third-order valence-corrected chi connectivity index (χ3v) is 3.53. The predicted molar refractivity (Wildman–Crippen MR) is 88.9 cm³/mol. The zero-order valence-electron chi connectivity index (χ0n) is 13.9. The molecule has 0 bridgehead atoms. The number of aryl methyl sites for hydroxylation is 2. The Kier molecular flexibility index (Phi) is 4.56. The topological polar surface area (TPSA) is 66.5 Å². The number of pyridine rings is 1. The van der Waals surface area contributed by atoms with Crippen molar-refractivity contribution >= 4 is 17.3 Å². The first-order chi connectivity index (χ1) is 12.2. The van der Waals surface area contributed by atoms with Crippen LogP contribution in [0.2, 0.25) is 0 Å². The van der Waals surface area contributed by atoms with Gasteiger partial charge in [-0.25, -0.2) is 5.01 Å². The molecule has 26 heavy (non-hydrogen) atoms. The molecule has 1 aliphatic heterocycles. The number of nitrogens with one attached hydrogen (secondary N) is 2. The summed E-state index contributed by atoms with van der Waals surface area (Å²) >= 11 is 0. The van der Waals surface area contributed by atoms with Crippen LogP contribution >= 0.6 is 0 Å². The molecule has 0 atom stereocenters. The van der Waals surface area contributed by atoms with Crippen molar-refractivity contribution in [2.24, 2.45) is 0 Å². The van der Waals surface area contributed by atoms with Gasteiger partial charge in [0.15, 0.2) is 0 Å². The van der Waals surface area contributed by atoms with Gasteiger partial charge in [0.05, 0.1) is 11.9 Å². The second-order valence-electron chi connectivity index (χ2n) is 5.69. The SMILES string of the molecule is Cc1cc(NC(=O)c2ccc(N3C=C(C(F)(F)F)ON3)cc2)cc(C)n1. The summed E-state index contributed by atoms with van der Waals surface area (Å²) < 4.78 is 37.7. The molecule has 2 heterocycles. The van der Waals surface area contributed by atoms with Gasteiger partial charge in [-0.3, -0.25) is 9.78 Å². The molecule has 0 fully saturated rings. The first kappa shape index (κ1) is 17.7. The van der Waals surface area contributed by atoms with Gasteiger partial charge in [-0.15, -0.1) is 0 Å². The summed E-state index contributed by atoms with van der Waals surface area (Å²) in [7, 11) is 0. The number of hydrazine groups is 1. The maximum Gasteiger partial charge on any atom is 0.453 e. The van der Waals surface area contributed by atoms with E-state index in [2.05, 4.69) is 20.7 Å². The Hall–Kier alpha value is -3.07. The Morgan fingerprint density at radius 2 is 1.77 bits per heavy atom. The van der Waals surface area contributed by atoms with Gasteiger partial charge in [-0.05, 0) is 50.2 Å². The molecule has 0 saturated carbocycles. The molecule has 2 N–H and O–H groups in total. The number of carbonyl (C=O) groups is 1. The molecule has 136 valence electrons. The summed E-state index contributed by atoms with van der Waals surface area (Å²) in [4.78, 5) is 20.9. The number of hydrogen-bond acceptors (Lipinski definition) is 5. The lowest BCUT2D eigenvalue weighted by molar-refractivity contribution is -0.136. The molecule has 0 radical (unpaired) electrons. The number of benzene rings is 1. The van der Waals surface area contributed by atoms with E-state index < -0.39 is 11.9 Å². The highest BCUT2D eigenvalue weighted by atomic mass is 19.4. The minimum atomic E-state index is -4.58. The number of halogens is 3. The van der Waals surface area contributed by atoms with Crippen molar-refractivity contribution in [1.29, 1.82) is 0 Å². The summed E-state index contributed by atoms with van der Waals surface area (Å²) in [6.45, 7) is 3.65. The number of carbonyl (C=O) groups excluding carboxylic acids is 1. The summed E-state index contributed by atoms with van der Waals surface area (Å²) in [5.74, 6) is -1.48. The van der Waals surface area contributed by atoms with Gasteiger partial charge in [0.25, 0.3) is 5.91 Å². The van der Waals surface area contributed by atoms with E-state index in [1.54, 1.807) is 12.1 Å². The minimum Gasteiger partial charge on any atom is -0.382 e. The number of nitrogens with zero attached hydrogens (tertiary/aromatic N) is 2. The van der Waals surface area contributed by atoms with Crippen LogP contribution in [0.5, 0.6) is 0 Å². The Balaban J connectivity index is 1.71. The monoisotopic (exact) mass is 364 g/mol. The number of amides is 1. The highest BCUT2D eigenvalue weighted by Crippen LogP contribution is 2.30. The minimum absolute atomic E-state index is 0.335. The number of aromatic nitrogens is 1. The Bertz CT molecular complexity index is 843. The number of allylic oxidation sites excluding steroid dienone is 1. The molecule has 9 heteroatoms. The molecule has 1 amide bonds. The average molecular weight is 364 g/mol. The van der Waals surface area contributed by atoms with Crippen molar-refractivity contribution < 1.29 is 22.8 Å². The summed E-state index contributed by atoms with van der Waals surface area (Å²) in [6, 6.07) is 9.51. The van der Waals surface area contributed by atoms with E-state index in [1.807, 2.05) is 13.8 Å². The van der Waals surface area contributed by atoms with E-state index in [-0.39, 0.29) is 5.91 Å². The second kappa shape index (κ2) is 6.68. The standard InChI is InChI=1S/C17H15F3N4O2/c1-10-7-13(8-11(2)21-10)22-16(25)12-3-5-14(6-4-12)24-9-15(26-23-24)17(18,19)20/h3-9,23H,1-2H3,(H,21,22,25). The fourth-order valence-corrected chi connectivity index (χ4v) is 2.41. The normalized spacial score (nSPS) is 14.0. The van der Waals surface area contributed by atoms with Gasteiger partial charge in [0.1, 0.15) is 0 Å². The summed E-state index contributed by atoms with van der Waals surface area (Å²) in [5.41, 5.74) is 5.07. The maximum atomic E-state index is 12.6. The van der Waals surface area contributed by atoms with Crippen LogP contribution < -0.4 is 15.9 Å². The zero-order valence-corrected chi connectivity index (χ0v) is 13.9. The van der Waals surface area contributed by atoms with Crippen LogP contribution in [-0.2, 0) is 4.84 Å². The van der Waals surface area contributed by atoms with E-state index >= 15 is 0 Å². The number of hydrogen-bond donors (Lipinski definition) is 2. The smallest absolute Gasteiger partial charge is 0.382 e. The van der Waals surface area contributed by atoms with Crippen LogP contribution in [0.1, 0.15) is 21.7 Å². The number of anilines is 2. The molecule has 2 aromatic rings. The van der Waals surface area contributed by atoms with Crippen LogP contribution in [0.25, 0.3) is 0 Å². The zero-order chi connectivity index (χ0) is 18.9. The first-order valence-electron chi connectivity index (χ1n) is 7.60. The Morgan fingerprint density at radius 3 is 2.31 bits per heavy atom. The van der Waals surface area contributed by atoms with Crippen LogP contribution in [0.4, 0.5) is 24.5 Å². The van der Waals surface area contributed by atoms with Crippen LogP contribution in [0.3, 0.4) is 0 Å². The third-order valence-electron chi connectivity index (χ3n) is 3.53. The van der Waals surface area contributed by atoms with E-state index in [0.717, 1.165) is 22.6 Å². The molecule has 6 nitrogen and oxygen atoms in total. The van der Waals surface area contributed by atoms with Crippen molar-refractivity contribution in [3.8, 4) is 0 Å². The summed E-state index contributed by atoms with van der Waals surface area (Å²) in [6.07, 6.45) is -3.79. The van der Waals surface area contributed by atoms with E-state index in [4.69, 9.17) is 0 Å². The molecule has 0 unspecified atom stereocenters. The van der Waals surface area contributed by atoms with Gasteiger partial charge >= 0.3 is 6.18 Å². The quantitative estimate of drug-likeness (QED) is 0.871. The lowest BCUT2D eigenvalue weighted by atomic mass is 10.2. The lowest BCUT2D eigenvalue weighted by Gasteiger charge is -2.14. The van der Waals surface area contributed by atoms with E-state index in [9.17, 15) is 18.0 Å². The maximum absolute atomic E-state index is 12.6. The lowest BCUT2D eigenvalue weighted by Crippen LogP contribution is -2.27. The second-order valence-corrected chi connectivity index (χ2v) is 5.69. The predicted octanol–water partition coefficient (Wildman–Crippen LogP) is 3.61. The molecule has 0 saturated heterocycles. The average Bonchev–Trinajstić information content (AvgIpc) is 3.04. The Morgan fingerprint density at radius 1 is 1.15 bits per heavy atom. The van der Waals surface area contributed by atoms with Crippen molar-refractivity contribution in [3.05, 3.63) is 65.3 Å². The molecule has 1 aliphatic rings. The highest BCUT2D eigenvalue weighted by Gasteiger charge is 2.40. The van der Waals surface area contributed by atoms with Crippen LogP contribution in [0.15, 0.2) is 48.4 Å². The molecular weight excluding hydrogens is 349 g/mol. The fraction of sp³-hybridized carbons (Fsp3) is 0.176. The largest absolute Gasteiger partial charge is 0.453 e. The highest BCUT2D eigenvalue weighted by molar-refractivity contribution is 6.04. The fourth-order valence-electron chi connectivity index (χ4n) is 2.41. The molecule has 0 spiro atoms. The van der Waals surface area contributed by atoms with E-state index in [0.29, 0.717) is 16.9 Å². The van der Waals surface area contributed by atoms with Crippen molar-refractivity contribution in [2.75, 3.05) is 10.3 Å². The van der Waals surface area contributed by atoms with Crippen molar-refractivity contribution in [1.82, 2.24) is 10.6 Å². The first-order valence-corrected chi connectivity index (χ1v) is 7.60. The summed E-state index contributed by atoms with van der Waals surface area (Å²) in [5, 5.41) is 3.83. The van der Waals surface area contributed by atoms with Gasteiger partial charge < -0.3 is 10.2 Å². The van der Waals surface area contributed by atoms with Gasteiger partial charge in [-0.2, -0.15) is 13.2 Å². The van der Waals surface area contributed by atoms with Crippen molar-refractivity contribution in [3.63, 3.8) is 0 Å². The van der Waals surface area contributed by atoms with E-state index in [1.165, 1.54) is 24.3 Å². The third kappa shape index (κ3) is 3.94.